The Kier molecular flexibility index (Phi) is 3.25. The van der Waals surface area contributed by atoms with E-state index in [0.29, 0.717) is 0 Å². The maximum atomic E-state index is 9.47. The van der Waals surface area contributed by atoms with Crippen LogP contribution in [0.4, 0.5) is 0 Å². The van der Waals surface area contributed by atoms with E-state index in [4.69, 9.17) is 0 Å². The van der Waals surface area contributed by atoms with E-state index in [0.717, 1.165) is 42.8 Å². The molecule has 0 saturated carbocycles. The molecule has 0 radical (unpaired) electrons. The summed E-state index contributed by atoms with van der Waals surface area (Å²) in [6, 6.07) is 8.35. The average molecular weight is 268 g/mol. The molecule has 0 amide bonds. The molecule has 4 nitrogen and oxygen atoms in total. The molecule has 3 rings (SSSR count). The third-order valence-electron chi connectivity index (χ3n) is 4.21. The van der Waals surface area contributed by atoms with Gasteiger partial charge in [-0.1, -0.05) is 6.07 Å². The van der Waals surface area contributed by atoms with Crippen molar-refractivity contribution >= 4 is 5.52 Å². The predicted octanol–water partition coefficient (Wildman–Crippen LogP) is 1.99. The number of fused-ring (bicyclic) bond motifs is 1. The van der Waals surface area contributed by atoms with Gasteiger partial charge in [-0.05, 0) is 26.0 Å². The van der Waals surface area contributed by atoms with Crippen molar-refractivity contribution in [2.75, 3.05) is 19.6 Å². The molecule has 0 atom stereocenters. The fourth-order valence-electron chi connectivity index (χ4n) is 2.95. The Morgan fingerprint density at radius 3 is 3.00 bits per heavy atom. The number of nitrogens with one attached hydrogen (secondary N) is 1. The van der Waals surface area contributed by atoms with E-state index >= 15 is 0 Å². The van der Waals surface area contributed by atoms with E-state index in [1.807, 2.05) is 28.8 Å². The van der Waals surface area contributed by atoms with Gasteiger partial charge in [-0.25, -0.2) is 0 Å². The molecule has 20 heavy (non-hydrogen) atoms. The topological polar surface area (TPSA) is 43.5 Å². The second-order valence-electron chi connectivity index (χ2n) is 6.05. The van der Waals surface area contributed by atoms with E-state index in [9.17, 15) is 5.26 Å². The van der Waals surface area contributed by atoms with Crippen LogP contribution in [0.2, 0.25) is 0 Å². The number of nitrogens with zero attached hydrogens (tertiary/aromatic N) is 3. The lowest BCUT2D eigenvalue weighted by atomic mass is 9.99. The van der Waals surface area contributed by atoms with Crippen molar-refractivity contribution in [2.45, 2.75) is 25.9 Å². The lowest BCUT2D eigenvalue weighted by molar-refractivity contribution is 0.0827. The summed E-state index contributed by atoms with van der Waals surface area (Å²) in [6.07, 6.45) is 4.09. The Labute approximate surface area is 119 Å². The van der Waals surface area contributed by atoms with Gasteiger partial charge in [-0.15, -0.1) is 0 Å². The van der Waals surface area contributed by atoms with Gasteiger partial charge in [0.05, 0.1) is 11.1 Å². The third kappa shape index (κ3) is 2.20. The second kappa shape index (κ2) is 4.93. The van der Waals surface area contributed by atoms with Crippen LogP contribution in [0.15, 0.2) is 30.6 Å². The maximum absolute atomic E-state index is 9.47. The van der Waals surface area contributed by atoms with Gasteiger partial charge in [-0.2, -0.15) is 5.26 Å². The first-order valence-electron chi connectivity index (χ1n) is 7.06. The minimum Gasteiger partial charge on any atom is -0.322 e. The van der Waals surface area contributed by atoms with Crippen molar-refractivity contribution in [3.63, 3.8) is 0 Å². The molecule has 3 heterocycles. The molecule has 1 saturated heterocycles. The molecule has 1 N–H and O–H groups in total. The average Bonchev–Trinajstić information content (AvgIpc) is 2.78. The first-order valence-corrected chi connectivity index (χ1v) is 7.06. The normalized spacial score (nSPS) is 19.1. The molecule has 2 aromatic heterocycles. The highest BCUT2D eigenvalue weighted by atomic mass is 15.2. The third-order valence-corrected chi connectivity index (χ3v) is 4.21. The number of pyridine rings is 1. The van der Waals surface area contributed by atoms with Gasteiger partial charge >= 0.3 is 0 Å². The highest BCUT2D eigenvalue weighted by molar-refractivity contribution is 5.65. The fraction of sp³-hybridized carbons (Fsp3) is 0.438. The van der Waals surface area contributed by atoms with Crippen LogP contribution in [0.25, 0.3) is 5.52 Å². The van der Waals surface area contributed by atoms with Crippen molar-refractivity contribution in [3.05, 3.63) is 41.7 Å². The van der Waals surface area contributed by atoms with E-state index in [2.05, 4.69) is 36.3 Å². The minimum atomic E-state index is 0.124. The summed E-state index contributed by atoms with van der Waals surface area (Å²) < 4.78 is 2.04. The molecule has 1 aliphatic rings. The zero-order valence-corrected chi connectivity index (χ0v) is 12.1. The largest absolute Gasteiger partial charge is 0.322 e. The highest BCUT2D eigenvalue weighted by Gasteiger charge is 2.30. The van der Waals surface area contributed by atoms with E-state index < -0.39 is 0 Å². The summed E-state index contributed by atoms with van der Waals surface area (Å²) in [5.74, 6) is 0. The van der Waals surface area contributed by atoms with Gasteiger partial charge in [0.2, 0.25) is 0 Å². The van der Waals surface area contributed by atoms with E-state index in [1.54, 1.807) is 0 Å². The molecule has 0 aromatic carbocycles. The van der Waals surface area contributed by atoms with Gasteiger partial charge in [0.1, 0.15) is 6.07 Å². The smallest absolute Gasteiger partial charge is 0.102 e. The summed E-state index contributed by atoms with van der Waals surface area (Å²) >= 11 is 0. The summed E-state index contributed by atoms with van der Waals surface area (Å²) in [4.78, 5) is 2.46. The Hall–Kier alpha value is -1.83. The summed E-state index contributed by atoms with van der Waals surface area (Å²) in [7, 11) is 0. The Morgan fingerprint density at radius 2 is 2.25 bits per heavy atom. The van der Waals surface area contributed by atoms with Crippen LogP contribution >= 0.6 is 0 Å². The Morgan fingerprint density at radius 1 is 1.40 bits per heavy atom. The van der Waals surface area contributed by atoms with Crippen LogP contribution in [0.3, 0.4) is 0 Å². The molecule has 104 valence electrons. The van der Waals surface area contributed by atoms with E-state index in [1.165, 1.54) is 0 Å². The molecule has 2 aromatic rings. The quantitative estimate of drug-likeness (QED) is 0.906. The molecule has 1 fully saturated rings. The lowest BCUT2D eigenvalue weighted by Gasteiger charge is -2.42. The molecule has 0 aliphatic carbocycles. The Bertz CT molecular complexity index is 663. The first kappa shape index (κ1) is 13.2. The van der Waals surface area contributed by atoms with Gasteiger partial charge in [0, 0.05) is 49.7 Å². The monoisotopic (exact) mass is 268 g/mol. The number of hydrogen-bond acceptors (Lipinski definition) is 3. The lowest BCUT2D eigenvalue weighted by Crippen LogP contribution is -2.57. The zero-order valence-electron chi connectivity index (χ0n) is 12.1. The van der Waals surface area contributed by atoms with Gasteiger partial charge in [0.25, 0.3) is 0 Å². The van der Waals surface area contributed by atoms with Crippen LogP contribution < -0.4 is 5.32 Å². The van der Waals surface area contributed by atoms with Crippen LogP contribution in [-0.2, 0) is 6.54 Å². The van der Waals surface area contributed by atoms with Crippen LogP contribution in [0.1, 0.15) is 25.0 Å². The standard InChI is InChI=1S/C16H20N4/c1-16(2)12-18-6-8-20(16)11-13-10-19-7-4-3-5-15(19)14(13)9-17/h3-5,7,10,18H,6,8,11-12H2,1-2H3. The first-order chi connectivity index (χ1) is 9.62. The summed E-state index contributed by atoms with van der Waals surface area (Å²) in [5.41, 5.74) is 3.05. The van der Waals surface area contributed by atoms with Crippen molar-refractivity contribution < 1.29 is 0 Å². The molecule has 1 aliphatic heterocycles. The van der Waals surface area contributed by atoms with Gasteiger partial charge in [-0.3, -0.25) is 4.90 Å². The number of hydrogen-bond donors (Lipinski definition) is 1. The maximum Gasteiger partial charge on any atom is 0.102 e. The summed E-state index contributed by atoms with van der Waals surface area (Å²) in [6.45, 7) is 8.35. The molecule has 0 unspecified atom stereocenters. The van der Waals surface area contributed by atoms with Gasteiger partial charge in [0.15, 0.2) is 0 Å². The molecule has 4 heteroatoms. The van der Waals surface area contributed by atoms with Crippen molar-refractivity contribution in [2.24, 2.45) is 0 Å². The highest BCUT2D eigenvalue weighted by Crippen LogP contribution is 2.24. The summed E-state index contributed by atoms with van der Waals surface area (Å²) in [5, 5.41) is 12.9. The van der Waals surface area contributed by atoms with Crippen LogP contribution in [0.5, 0.6) is 0 Å². The van der Waals surface area contributed by atoms with Gasteiger partial charge < -0.3 is 9.72 Å². The SMILES string of the molecule is CC1(C)CNCCN1Cc1cn2ccccc2c1C#N. The number of rotatable bonds is 2. The zero-order chi connectivity index (χ0) is 14.2. The van der Waals surface area contributed by atoms with Crippen molar-refractivity contribution in [3.8, 4) is 6.07 Å². The fourth-order valence-corrected chi connectivity index (χ4v) is 2.95. The molecular formula is C16H20N4. The molecule has 0 spiro atoms. The van der Waals surface area contributed by atoms with Crippen molar-refractivity contribution in [1.29, 1.82) is 5.26 Å². The second-order valence-corrected chi connectivity index (χ2v) is 6.05. The number of nitriles is 1. The predicted molar refractivity (Wildman–Crippen MR) is 79.5 cm³/mol. The van der Waals surface area contributed by atoms with E-state index in [-0.39, 0.29) is 5.54 Å². The van der Waals surface area contributed by atoms with Crippen LogP contribution in [0, 0.1) is 11.3 Å². The minimum absolute atomic E-state index is 0.124. The number of piperazine rings is 1. The molecule has 0 bridgehead atoms. The molecular weight excluding hydrogens is 248 g/mol. The Balaban J connectivity index is 1.96. The number of aromatic nitrogens is 1. The van der Waals surface area contributed by atoms with Crippen molar-refractivity contribution in [1.82, 2.24) is 14.6 Å². The van der Waals surface area contributed by atoms with Crippen LogP contribution in [-0.4, -0.2) is 34.5 Å².